The predicted molar refractivity (Wildman–Crippen MR) is 84.1 cm³/mol. The van der Waals surface area contributed by atoms with Crippen LogP contribution in [0.2, 0.25) is 0 Å². The molecule has 0 saturated carbocycles. The Morgan fingerprint density at radius 3 is 2.91 bits per heavy atom. The highest BCUT2D eigenvalue weighted by Crippen LogP contribution is 2.25. The molecular formula is C15H17N3O3S. The highest BCUT2D eigenvalue weighted by Gasteiger charge is 2.15. The number of nitrogens with one attached hydrogen (secondary N) is 1. The molecule has 0 atom stereocenters. The summed E-state index contributed by atoms with van der Waals surface area (Å²) in [5.41, 5.74) is 0.265. The van der Waals surface area contributed by atoms with E-state index in [-0.39, 0.29) is 0 Å². The molecule has 0 radical (unpaired) electrons. The quantitative estimate of drug-likeness (QED) is 0.875. The first kappa shape index (κ1) is 16.0. The van der Waals surface area contributed by atoms with Crippen molar-refractivity contribution >= 4 is 27.6 Å². The third-order valence-corrected chi connectivity index (χ3v) is 3.42. The lowest BCUT2D eigenvalue weighted by Gasteiger charge is -2.19. The highest BCUT2D eigenvalue weighted by atomic mass is 32.1. The Morgan fingerprint density at radius 2 is 2.23 bits per heavy atom. The first-order valence-corrected chi connectivity index (χ1v) is 7.59. The zero-order valence-corrected chi connectivity index (χ0v) is 13.5. The second-order valence-corrected chi connectivity index (χ2v) is 6.57. The number of ether oxygens (including phenoxy) is 2. The van der Waals surface area contributed by atoms with Crippen LogP contribution < -0.4 is 10.1 Å². The molecule has 22 heavy (non-hydrogen) atoms. The lowest BCUT2D eigenvalue weighted by atomic mass is 10.2. The van der Waals surface area contributed by atoms with E-state index in [9.17, 15) is 4.79 Å². The van der Waals surface area contributed by atoms with Crippen LogP contribution >= 0.6 is 11.3 Å². The van der Waals surface area contributed by atoms with Crippen molar-refractivity contribution in [2.75, 3.05) is 13.2 Å². The van der Waals surface area contributed by atoms with Gasteiger partial charge in [-0.25, -0.2) is 9.78 Å². The summed E-state index contributed by atoms with van der Waals surface area (Å²) in [5.74, 6) is 0.673. The fourth-order valence-corrected chi connectivity index (χ4v) is 2.47. The number of aromatic nitrogens is 1. The maximum absolute atomic E-state index is 11.5. The Kier molecular flexibility index (Phi) is 4.83. The Balaban J connectivity index is 1.82. The fourth-order valence-electron chi connectivity index (χ4n) is 1.68. The molecule has 0 bridgehead atoms. The average Bonchev–Trinajstić information content (AvgIpc) is 2.84. The van der Waals surface area contributed by atoms with Gasteiger partial charge in [0.15, 0.2) is 5.01 Å². The van der Waals surface area contributed by atoms with Crippen molar-refractivity contribution < 1.29 is 14.3 Å². The topological polar surface area (TPSA) is 84.2 Å². The maximum atomic E-state index is 11.5. The van der Waals surface area contributed by atoms with E-state index >= 15 is 0 Å². The second-order valence-electron chi connectivity index (χ2n) is 5.54. The molecule has 116 valence electrons. The minimum Gasteiger partial charge on any atom is -0.492 e. The highest BCUT2D eigenvalue weighted by molar-refractivity contribution is 7.19. The van der Waals surface area contributed by atoms with E-state index in [1.807, 2.05) is 39.0 Å². The van der Waals surface area contributed by atoms with Crippen LogP contribution in [-0.2, 0) is 4.74 Å². The number of hydrogen-bond donors (Lipinski definition) is 1. The van der Waals surface area contributed by atoms with Crippen molar-refractivity contribution in [3.63, 3.8) is 0 Å². The van der Waals surface area contributed by atoms with Gasteiger partial charge in [0, 0.05) is 0 Å². The molecule has 0 fully saturated rings. The number of rotatable bonds is 4. The Labute approximate surface area is 132 Å². The van der Waals surface area contributed by atoms with Gasteiger partial charge < -0.3 is 14.8 Å². The summed E-state index contributed by atoms with van der Waals surface area (Å²) < 4.78 is 11.6. The number of carbonyl (C=O) groups is 1. The fraction of sp³-hybridized carbons (Fsp3) is 0.400. The number of nitriles is 1. The van der Waals surface area contributed by atoms with Crippen LogP contribution in [0.25, 0.3) is 10.2 Å². The van der Waals surface area contributed by atoms with Crippen molar-refractivity contribution in [3.05, 3.63) is 23.2 Å². The average molecular weight is 319 g/mol. The van der Waals surface area contributed by atoms with Crippen molar-refractivity contribution in [1.82, 2.24) is 10.3 Å². The SMILES string of the molecule is CC(C)(C)OC(=O)NCCOc1ccc2nc(C#N)sc2c1. The molecular weight excluding hydrogens is 302 g/mol. The van der Waals surface area contributed by atoms with Gasteiger partial charge in [-0.05, 0) is 39.0 Å². The zero-order valence-electron chi connectivity index (χ0n) is 12.7. The molecule has 1 amide bonds. The summed E-state index contributed by atoms with van der Waals surface area (Å²) in [6.07, 6.45) is -0.465. The lowest BCUT2D eigenvalue weighted by Crippen LogP contribution is -2.34. The first-order valence-electron chi connectivity index (χ1n) is 6.78. The number of benzene rings is 1. The van der Waals surface area contributed by atoms with Crippen LogP contribution in [0.5, 0.6) is 5.75 Å². The normalized spacial score (nSPS) is 11.0. The van der Waals surface area contributed by atoms with E-state index in [2.05, 4.69) is 10.3 Å². The molecule has 1 aromatic heterocycles. The molecule has 2 rings (SSSR count). The van der Waals surface area contributed by atoms with Crippen LogP contribution in [0.15, 0.2) is 18.2 Å². The summed E-state index contributed by atoms with van der Waals surface area (Å²) in [6, 6.07) is 7.46. The summed E-state index contributed by atoms with van der Waals surface area (Å²) in [5, 5.41) is 11.9. The molecule has 0 unspecified atom stereocenters. The van der Waals surface area contributed by atoms with Crippen molar-refractivity contribution in [3.8, 4) is 11.8 Å². The predicted octanol–water partition coefficient (Wildman–Crippen LogP) is 3.07. The van der Waals surface area contributed by atoms with Gasteiger partial charge in [0.05, 0.1) is 16.8 Å². The Morgan fingerprint density at radius 1 is 1.45 bits per heavy atom. The van der Waals surface area contributed by atoms with E-state index < -0.39 is 11.7 Å². The second kappa shape index (κ2) is 6.62. The van der Waals surface area contributed by atoms with Crippen LogP contribution in [0.3, 0.4) is 0 Å². The zero-order chi connectivity index (χ0) is 16.2. The molecule has 7 heteroatoms. The minimum atomic E-state index is -0.513. The smallest absolute Gasteiger partial charge is 0.407 e. The molecule has 0 aliphatic rings. The molecule has 2 aromatic rings. The van der Waals surface area contributed by atoms with Crippen LogP contribution in [0.1, 0.15) is 25.8 Å². The minimum absolute atomic E-state index is 0.328. The number of amides is 1. The van der Waals surface area contributed by atoms with Gasteiger partial charge in [-0.2, -0.15) is 5.26 Å². The van der Waals surface area contributed by atoms with Gasteiger partial charge >= 0.3 is 6.09 Å². The van der Waals surface area contributed by atoms with E-state index in [1.165, 1.54) is 11.3 Å². The number of thiazole rings is 1. The van der Waals surface area contributed by atoms with E-state index in [1.54, 1.807) is 6.07 Å². The number of hydrogen-bond acceptors (Lipinski definition) is 6. The summed E-state index contributed by atoms with van der Waals surface area (Å²) in [6.45, 7) is 6.10. The number of nitrogens with zero attached hydrogens (tertiary/aromatic N) is 2. The first-order chi connectivity index (χ1) is 10.4. The van der Waals surface area contributed by atoms with Crippen LogP contribution in [0.4, 0.5) is 4.79 Å². The largest absolute Gasteiger partial charge is 0.492 e. The van der Waals surface area contributed by atoms with Gasteiger partial charge in [-0.3, -0.25) is 0 Å². The van der Waals surface area contributed by atoms with Gasteiger partial charge in [0.2, 0.25) is 0 Å². The van der Waals surface area contributed by atoms with Gasteiger partial charge in [-0.1, -0.05) is 0 Å². The van der Waals surface area contributed by atoms with E-state index in [0.717, 1.165) is 10.2 Å². The molecule has 1 aromatic carbocycles. The Hall–Kier alpha value is -2.33. The molecule has 1 heterocycles. The van der Waals surface area contributed by atoms with E-state index in [4.69, 9.17) is 14.7 Å². The van der Waals surface area contributed by atoms with Crippen molar-refractivity contribution in [2.24, 2.45) is 0 Å². The van der Waals surface area contributed by atoms with E-state index in [0.29, 0.717) is 23.9 Å². The summed E-state index contributed by atoms with van der Waals surface area (Å²) in [7, 11) is 0. The molecule has 0 aliphatic heterocycles. The molecule has 0 aliphatic carbocycles. The van der Waals surface area contributed by atoms with Gasteiger partial charge in [-0.15, -0.1) is 11.3 Å². The third-order valence-electron chi connectivity index (χ3n) is 2.49. The lowest BCUT2D eigenvalue weighted by molar-refractivity contribution is 0.0520. The van der Waals surface area contributed by atoms with Crippen molar-refractivity contribution in [2.45, 2.75) is 26.4 Å². The van der Waals surface area contributed by atoms with Crippen LogP contribution in [0, 0.1) is 11.3 Å². The summed E-state index contributed by atoms with van der Waals surface area (Å²) >= 11 is 1.32. The van der Waals surface area contributed by atoms with Crippen LogP contribution in [-0.4, -0.2) is 29.8 Å². The number of fused-ring (bicyclic) bond motifs is 1. The van der Waals surface area contributed by atoms with Gasteiger partial charge in [0.25, 0.3) is 0 Å². The molecule has 6 nitrogen and oxygen atoms in total. The maximum Gasteiger partial charge on any atom is 0.407 e. The molecule has 0 spiro atoms. The third kappa shape index (κ3) is 4.60. The Bertz CT molecular complexity index is 713. The molecule has 1 N–H and O–H groups in total. The number of carbonyl (C=O) groups excluding carboxylic acids is 1. The summed E-state index contributed by atoms with van der Waals surface area (Å²) in [4.78, 5) is 15.6. The van der Waals surface area contributed by atoms with Gasteiger partial charge in [0.1, 0.15) is 24.0 Å². The number of alkyl carbamates (subject to hydrolysis) is 1. The monoisotopic (exact) mass is 319 g/mol. The molecule has 0 saturated heterocycles. The standard InChI is InChI=1S/C15H17N3O3S/c1-15(2,3)21-14(19)17-6-7-20-10-4-5-11-12(8-10)22-13(9-16)18-11/h4-5,8H,6-7H2,1-3H3,(H,17,19). The van der Waals surface area contributed by atoms with Crippen molar-refractivity contribution in [1.29, 1.82) is 5.26 Å².